The van der Waals surface area contributed by atoms with Crippen LogP contribution in [0.5, 0.6) is 0 Å². The Hall–Kier alpha value is -1.51. The maximum absolute atomic E-state index is 11.7. The van der Waals surface area contributed by atoms with E-state index in [1.54, 1.807) is 7.05 Å². The van der Waals surface area contributed by atoms with E-state index in [4.69, 9.17) is 0 Å². The molecule has 2 rings (SSSR count). The molecule has 21 heavy (non-hydrogen) atoms. The van der Waals surface area contributed by atoms with E-state index in [0.29, 0.717) is 23.4 Å². The van der Waals surface area contributed by atoms with E-state index in [1.807, 2.05) is 18.2 Å². The number of carbonyl (C=O) groups is 1. The van der Waals surface area contributed by atoms with Crippen LogP contribution < -0.4 is 10.6 Å². The molecule has 116 valence electrons. The van der Waals surface area contributed by atoms with Crippen LogP contribution in [0.25, 0.3) is 0 Å². The molecular formula is C18H28N2O. The van der Waals surface area contributed by atoms with Gasteiger partial charge in [0, 0.05) is 24.3 Å². The van der Waals surface area contributed by atoms with Crippen LogP contribution in [0.3, 0.4) is 0 Å². The minimum atomic E-state index is -0.0314. The molecule has 1 aliphatic rings. The van der Waals surface area contributed by atoms with Crippen molar-refractivity contribution in [2.45, 2.75) is 46.1 Å². The molecule has 3 atom stereocenters. The summed E-state index contributed by atoms with van der Waals surface area (Å²) in [7, 11) is 1.67. The first-order valence-corrected chi connectivity index (χ1v) is 8.10. The third-order valence-electron chi connectivity index (χ3n) is 4.73. The first kappa shape index (κ1) is 15.9. The molecule has 1 aromatic carbocycles. The molecule has 0 aliphatic heterocycles. The third-order valence-corrected chi connectivity index (χ3v) is 4.73. The van der Waals surface area contributed by atoms with Gasteiger partial charge in [0.25, 0.3) is 5.91 Å². The fraction of sp³-hybridized carbons (Fsp3) is 0.611. The summed E-state index contributed by atoms with van der Waals surface area (Å²) in [5.74, 6) is 2.15. The minimum absolute atomic E-state index is 0.0314. The molecule has 0 heterocycles. The number of anilines is 1. The quantitative estimate of drug-likeness (QED) is 0.881. The Kier molecular flexibility index (Phi) is 5.27. The first-order chi connectivity index (χ1) is 10.0. The van der Waals surface area contributed by atoms with E-state index in [1.165, 1.54) is 19.3 Å². The van der Waals surface area contributed by atoms with Crippen LogP contribution in [0.2, 0.25) is 0 Å². The van der Waals surface area contributed by atoms with Gasteiger partial charge in [-0.15, -0.1) is 0 Å². The standard InChI is InChI=1S/C18H28N2O/c1-12(2)16-9-8-13(3)10-17(16)20-15-7-5-6-14(11-15)18(21)19-4/h5-7,11-13,16-17,20H,8-10H2,1-4H3,(H,19,21). The molecule has 1 saturated carbocycles. The molecule has 0 spiro atoms. The van der Waals surface area contributed by atoms with E-state index in [0.717, 1.165) is 11.6 Å². The Balaban J connectivity index is 2.13. The summed E-state index contributed by atoms with van der Waals surface area (Å²) < 4.78 is 0. The molecule has 0 radical (unpaired) electrons. The third kappa shape index (κ3) is 3.99. The Labute approximate surface area is 128 Å². The zero-order valence-electron chi connectivity index (χ0n) is 13.6. The summed E-state index contributed by atoms with van der Waals surface area (Å²) in [4.78, 5) is 11.7. The van der Waals surface area contributed by atoms with Crippen molar-refractivity contribution in [1.82, 2.24) is 5.32 Å². The van der Waals surface area contributed by atoms with Gasteiger partial charge in [0.05, 0.1) is 0 Å². The SMILES string of the molecule is CNC(=O)c1cccc(NC2CC(C)CCC2C(C)C)c1. The Bertz CT molecular complexity index is 484. The molecule has 1 fully saturated rings. The fourth-order valence-corrected chi connectivity index (χ4v) is 3.48. The van der Waals surface area contributed by atoms with Crippen molar-refractivity contribution in [2.75, 3.05) is 12.4 Å². The normalized spacial score (nSPS) is 25.7. The summed E-state index contributed by atoms with van der Waals surface area (Å²) in [6.07, 6.45) is 3.85. The maximum atomic E-state index is 11.7. The number of rotatable bonds is 4. The Morgan fingerprint density at radius 1 is 1.29 bits per heavy atom. The zero-order chi connectivity index (χ0) is 15.4. The molecule has 1 amide bonds. The molecular weight excluding hydrogens is 260 g/mol. The van der Waals surface area contributed by atoms with Crippen LogP contribution in [0.1, 0.15) is 50.4 Å². The lowest BCUT2D eigenvalue weighted by atomic mass is 9.74. The van der Waals surface area contributed by atoms with Crippen LogP contribution >= 0.6 is 0 Å². The largest absolute Gasteiger partial charge is 0.382 e. The molecule has 1 aliphatic carbocycles. The molecule has 3 heteroatoms. The van der Waals surface area contributed by atoms with E-state index in [9.17, 15) is 4.79 Å². The number of amides is 1. The summed E-state index contributed by atoms with van der Waals surface area (Å²) in [6, 6.07) is 8.32. The van der Waals surface area contributed by atoms with Gasteiger partial charge >= 0.3 is 0 Å². The van der Waals surface area contributed by atoms with Crippen molar-refractivity contribution < 1.29 is 4.79 Å². The predicted molar refractivity (Wildman–Crippen MR) is 88.6 cm³/mol. The van der Waals surface area contributed by atoms with Gasteiger partial charge in [0.15, 0.2) is 0 Å². The Morgan fingerprint density at radius 2 is 2.05 bits per heavy atom. The van der Waals surface area contributed by atoms with Crippen molar-refractivity contribution >= 4 is 11.6 Å². The van der Waals surface area contributed by atoms with Gasteiger partial charge < -0.3 is 10.6 Å². The molecule has 3 unspecified atom stereocenters. The highest BCUT2D eigenvalue weighted by Crippen LogP contribution is 2.35. The topological polar surface area (TPSA) is 41.1 Å². The van der Waals surface area contributed by atoms with E-state index < -0.39 is 0 Å². The van der Waals surface area contributed by atoms with Crippen LogP contribution in [-0.4, -0.2) is 19.0 Å². The molecule has 0 saturated heterocycles. The smallest absolute Gasteiger partial charge is 0.251 e. The van der Waals surface area contributed by atoms with Gasteiger partial charge in [-0.1, -0.05) is 33.3 Å². The first-order valence-electron chi connectivity index (χ1n) is 8.10. The van der Waals surface area contributed by atoms with Crippen LogP contribution in [-0.2, 0) is 0 Å². The summed E-state index contributed by atoms with van der Waals surface area (Å²) >= 11 is 0. The minimum Gasteiger partial charge on any atom is -0.382 e. The van der Waals surface area contributed by atoms with Crippen molar-refractivity contribution in [1.29, 1.82) is 0 Å². The maximum Gasteiger partial charge on any atom is 0.251 e. The fourth-order valence-electron chi connectivity index (χ4n) is 3.48. The predicted octanol–water partition coefficient (Wildman–Crippen LogP) is 3.92. The van der Waals surface area contributed by atoms with Crippen molar-refractivity contribution in [3.63, 3.8) is 0 Å². The highest BCUT2D eigenvalue weighted by Gasteiger charge is 2.30. The van der Waals surface area contributed by atoms with Gasteiger partial charge in [-0.3, -0.25) is 4.79 Å². The molecule has 2 N–H and O–H groups in total. The monoisotopic (exact) mass is 288 g/mol. The molecule has 0 aromatic heterocycles. The second kappa shape index (κ2) is 6.97. The second-order valence-corrected chi connectivity index (χ2v) is 6.74. The van der Waals surface area contributed by atoms with Crippen LogP contribution in [0, 0.1) is 17.8 Å². The molecule has 3 nitrogen and oxygen atoms in total. The van der Waals surface area contributed by atoms with Crippen molar-refractivity contribution in [3.8, 4) is 0 Å². The molecule has 0 bridgehead atoms. The highest BCUT2D eigenvalue weighted by molar-refractivity contribution is 5.94. The number of hydrogen-bond donors (Lipinski definition) is 2. The van der Waals surface area contributed by atoms with Crippen molar-refractivity contribution in [3.05, 3.63) is 29.8 Å². The lowest BCUT2D eigenvalue weighted by molar-refractivity contribution is 0.0963. The zero-order valence-corrected chi connectivity index (χ0v) is 13.6. The van der Waals surface area contributed by atoms with Crippen LogP contribution in [0.15, 0.2) is 24.3 Å². The van der Waals surface area contributed by atoms with Gasteiger partial charge in [-0.05, 0) is 48.8 Å². The van der Waals surface area contributed by atoms with Gasteiger partial charge in [-0.2, -0.15) is 0 Å². The highest BCUT2D eigenvalue weighted by atomic mass is 16.1. The van der Waals surface area contributed by atoms with Crippen LogP contribution in [0.4, 0.5) is 5.69 Å². The lowest BCUT2D eigenvalue weighted by Crippen LogP contribution is -2.37. The number of carbonyl (C=O) groups excluding carboxylic acids is 1. The Morgan fingerprint density at radius 3 is 2.71 bits per heavy atom. The van der Waals surface area contributed by atoms with E-state index in [-0.39, 0.29) is 5.91 Å². The molecule has 1 aromatic rings. The average molecular weight is 288 g/mol. The summed E-state index contributed by atoms with van der Waals surface area (Å²) in [5, 5.41) is 6.36. The van der Waals surface area contributed by atoms with E-state index in [2.05, 4.69) is 37.5 Å². The number of nitrogens with one attached hydrogen (secondary N) is 2. The van der Waals surface area contributed by atoms with Gasteiger partial charge in [0.1, 0.15) is 0 Å². The summed E-state index contributed by atoms with van der Waals surface area (Å²) in [6.45, 7) is 6.97. The number of hydrogen-bond acceptors (Lipinski definition) is 2. The second-order valence-electron chi connectivity index (χ2n) is 6.74. The van der Waals surface area contributed by atoms with Gasteiger partial charge in [0.2, 0.25) is 0 Å². The summed E-state index contributed by atoms with van der Waals surface area (Å²) in [5.41, 5.74) is 1.77. The average Bonchev–Trinajstić information content (AvgIpc) is 2.46. The number of benzene rings is 1. The van der Waals surface area contributed by atoms with E-state index >= 15 is 0 Å². The van der Waals surface area contributed by atoms with Gasteiger partial charge in [-0.25, -0.2) is 0 Å². The lowest BCUT2D eigenvalue weighted by Gasteiger charge is -2.38. The van der Waals surface area contributed by atoms with Crippen molar-refractivity contribution in [2.24, 2.45) is 17.8 Å².